The van der Waals surface area contributed by atoms with Crippen LogP contribution in [-0.2, 0) is 6.42 Å². The maximum atomic E-state index is 4.69. The fraction of sp³-hybridized carbons (Fsp3) is 0.800. The van der Waals surface area contributed by atoms with Crippen molar-refractivity contribution in [1.29, 1.82) is 0 Å². The van der Waals surface area contributed by atoms with Crippen LogP contribution in [0.5, 0.6) is 0 Å². The van der Waals surface area contributed by atoms with Crippen LogP contribution in [-0.4, -0.2) is 47.9 Å². The number of nitrogens with one attached hydrogen (secondary N) is 1. The molecular weight excluding hydrogens is 236 g/mol. The van der Waals surface area contributed by atoms with Crippen LogP contribution >= 0.6 is 0 Å². The van der Waals surface area contributed by atoms with Crippen molar-refractivity contribution in [3.63, 3.8) is 0 Å². The number of hydrogen-bond acceptors (Lipinski definition) is 3. The predicted molar refractivity (Wildman–Crippen MR) is 81.6 cm³/mol. The highest BCUT2D eigenvalue weighted by molar-refractivity contribution is 5.02. The van der Waals surface area contributed by atoms with E-state index < -0.39 is 0 Å². The quantitative estimate of drug-likeness (QED) is 0.744. The molecule has 0 saturated heterocycles. The zero-order valence-corrected chi connectivity index (χ0v) is 13.2. The molecule has 1 rings (SSSR count). The van der Waals surface area contributed by atoms with Gasteiger partial charge in [0.25, 0.3) is 0 Å². The number of nitrogens with zero attached hydrogens (tertiary/aromatic N) is 3. The molecule has 2 unspecified atom stereocenters. The fourth-order valence-electron chi connectivity index (χ4n) is 2.15. The minimum atomic E-state index is 0.494. The summed E-state index contributed by atoms with van der Waals surface area (Å²) in [5.74, 6) is 0. The van der Waals surface area contributed by atoms with Crippen LogP contribution in [0.3, 0.4) is 0 Å². The van der Waals surface area contributed by atoms with Crippen LogP contribution in [0.2, 0.25) is 0 Å². The Morgan fingerprint density at radius 2 is 2.11 bits per heavy atom. The molecule has 0 aromatic carbocycles. The van der Waals surface area contributed by atoms with Crippen LogP contribution in [0.25, 0.3) is 0 Å². The van der Waals surface area contributed by atoms with Crippen molar-refractivity contribution in [2.24, 2.45) is 0 Å². The second-order valence-electron chi connectivity index (χ2n) is 5.60. The number of hydrogen-bond donors (Lipinski definition) is 1. The van der Waals surface area contributed by atoms with Crippen LogP contribution in [0.4, 0.5) is 0 Å². The summed E-state index contributed by atoms with van der Waals surface area (Å²) >= 11 is 0. The Morgan fingerprint density at radius 3 is 2.68 bits per heavy atom. The van der Waals surface area contributed by atoms with Crippen molar-refractivity contribution in [3.05, 3.63) is 18.0 Å². The molecule has 4 heteroatoms. The van der Waals surface area contributed by atoms with Gasteiger partial charge in [0.1, 0.15) is 0 Å². The normalized spacial score (nSPS) is 14.8. The topological polar surface area (TPSA) is 33.1 Å². The summed E-state index contributed by atoms with van der Waals surface area (Å²) < 4.78 is 2.09. The van der Waals surface area contributed by atoms with Gasteiger partial charge < -0.3 is 10.2 Å². The largest absolute Gasteiger partial charge is 0.314 e. The molecule has 1 heterocycles. The second kappa shape index (κ2) is 8.33. The first kappa shape index (κ1) is 16.2. The molecule has 0 bridgehead atoms. The molecule has 0 aliphatic rings. The van der Waals surface area contributed by atoms with Gasteiger partial charge in [-0.1, -0.05) is 13.8 Å². The third-order valence-corrected chi connectivity index (χ3v) is 3.58. The van der Waals surface area contributed by atoms with Gasteiger partial charge in [-0.25, -0.2) is 0 Å². The third kappa shape index (κ3) is 5.74. The maximum Gasteiger partial charge on any atom is 0.0640 e. The van der Waals surface area contributed by atoms with Crippen LogP contribution in [0.15, 0.2) is 12.3 Å². The van der Waals surface area contributed by atoms with Crippen LogP contribution in [0, 0.1) is 0 Å². The summed E-state index contributed by atoms with van der Waals surface area (Å²) in [6, 6.07) is 3.17. The molecule has 19 heavy (non-hydrogen) atoms. The molecule has 0 spiro atoms. The molecule has 1 N–H and O–H groups in total. The molecule has 0 radical (unpaired) electrons. The third-order valence-electron chi connectivity index (χ3n) is 3.58. The molecule has 2 atom stereocenters. The maximum absolute atomic E-state index is 4.69. The van der Waals surface area contributed by atoms with E-state index in [1.165, 1.54) is 5.69 Å². The molecule has 1 aromatic rings. The first-order valence-electron chi connectivity index (χ1n) is 7.48. The van der Waals surface area contributed by atoms with E-state index in [1.54, 1.807) is 0 Å². The minimum Gasteiger partial charge on any atom is -0.314 e. The van der Waals surface area contributed by atoms with E-state index in [9.17, 15) is 0 Å². The Morgan fingerprint density at radius 1 is 1.37 bits per heavy atom. The SMILES string of the molecule is CCNC(CCN(C)C)Cc1ccn(C(C)CC)n1. The standard InChI is InChI=1S/C15H30N4/c1-6-13(3)19-11-9-15(17-19)12-14(16-7-2)8-10-18(4)5/h9,11,13-14,16H,6-8,10,12H2,1-5H3. The molecule has 0 aliphatic carbocycles. The first-order chi connectivity index (χ1) is 9.06. The summed E-state index contributed by atoms with van der Waals surface area (Å²) in [6.07, 6.45) is 5.42. The summed E-state index contributed by atoms with van der Waals surface area (Å²) in [7, 11) is 4.25. The lowest BCUT2D eigenvalue weighted by Gasteiger charge is -2.19. The number of aromatic nitrogens is 2. The van der Waals surface area contributed by atoms with Crippen molar-refractivity contribution in [2.45, 2.75) is 52.1 Å². The Kier molecular flexibility index (Phi) is 7.10. The minimum absolute atomic E-state index is 0.494. The van der Waals surface area contributed by atoms with Gasteiger partial charge >= 0.3 is 0 Å². The number of rotatable bonds is 9. The molecule has 4 nitrogen and oxygen atoms in total. The first-order valence-corrected chi connectivity index (χ1v) is 7.48. The lowest BCUT2D eigenvalue weighted by molar-refractivity contribution is 0.356. The van der Waals surface area contributed by atoms with Crippen molar-refractivity contribution in [3.8, 4) is 0 Å². The Bertz CT molecular complexity index is 346. The predicted octanol–water partition coefficient (Wildman–Crippen LogP) is 2.33. The highest BCUT2D eigenvalue weighted by atomic mass is 15.3. The zero-order valence-electron chi connectivity index (χ0n) is 13.2. The average Bonchev–Trinajstić information content (AvgIpc) is 2.83. The van der Waals surface area contributed by atoms with Crippen molar-refractivity contribution in [2.75, 3.05) is 27.2 Å². The summed E-state index contributed by atoms with van der Waals surface area (Å²) in [4.78, 5) is 2.24. The molecule has 0 aliphatic heterocycles. The van der Waals surface area contributed by atoms with Gasteiger partial charge in [0.05, 0.1) is 5.69 Å². The molecule has 0 saturated carbocycles. The molecule has 1 aromatic heterocycles. The van der Waals surface area contributed by atoms with E-state index in [0.29, 0.717) is 12.1 Å². The van der Waals surface area contributed by atoms with Crippen LogP contribution < -0.4 is 5.32 Å². The van der Waals surface area contributed by atoms with E-state index in [-0.39, 0.29) is 0 Å². The smallest absolute Gasteiger partial charge is 0.0640 e. The second-order valence-corrected chi connectivity index (χ2v) is 5.60. The van der Waals surface area contributed by atoms with Gasteiger partial charge in [-0.15, -0.1) is 0 Å². The molecule has 0 fully saturated rings. The van der Waals surface area contributed by atoms with E-state index in [4.69, 9.17) is 5.10 Å². The number of likely N-dealkylation sites (N-methyl/N-ethyl adjacent to an activating group) is 1. The average molecular weight is 266 g/mol. The zero-order chi connectivity index (χ0) is 14.3. The lowest BCUT2D eigenvalue weighted by atomic mass is 10.1. The monoisotopic (exact) mass is 266 g/mol. The molecule has 0 amide bonds. The molecular formula is C15H30N4. The van der Waals surface area contributed by atoms with Crippen molar-refractivity contribution < 1.29 is 0 Å². The summed E-state index contributed by atoms with van der Waals surface area (Å²) in [5.41, 5.74) is 1.20. The summed E-state index contributed by atoms with van der Waals surface area (Å²) in [5, 5.41) is 8.26. The Hall–Kier alpha value is -0.870. The van der Waals surface area contributed by atoms with Gasteiger partial charge in [-0.2, -0.15) is 5.10 Å². The van der Waals surface area contributed by atoms with Crippen LogP contribution in [0.1, 0.15) is 45.3 Å². The van der Waals surface area contributed by atoms with E-state index in [0.717, 1.165) is 32.4 Å². The highest BCUT2D eigenvalue weighted by Gasteiger charge is 2.12. The van der Waals surface area contributed by atoms with Gasteiger partial charge in [0, 0.05) is 24.7 Å². The van der Waals surface area contributed by atoms with Gasteiger partial charge in [0.2, 0.25) is 0 Å². The lowest BCUT2D eigenvalue weighted by Crippen LogP contribution is -2.34. The van der Waals surface area contributed by atoms with Gasteiger partial charge in [0.15, 0.2) is 0 Å². The van der Waals surface area contributed by atoms with Gasteiger partial charge in [-0.3, -0.25) is 4.68 Å². The van der Waals surface area contributed by atoms with Crippen molar-refractivity contribution >= 4 is 0 Å². The Balaban J connectivity index is 2.55. The molecule has 110 valence electrons. The highest BCUT2D eigenvalue weighted by Crippen LogP contribution is 2.11. The van der Waals surface area contributed by atoms with E-state index >= 15 is 0 Å². The summed E-state index contributed by atoms with van der Waals surface area (Å²) in [6.45, 7) is 8.71. The van der Waals surface area contributed by atoms with E-state index in [2.05, 4.69) is 62.0 Å². The van der Waals surface area contributed by atoms with Gasteiger partial charge in [-0.05, 0) is 53.0 Å². The van der Waals surface area contributed by atoms with Crippen molar-refractivity contribution in [1.82, 2.24) is 20.0 Å². The Labute approximate surface area is 118 Å². The van der Waals surface area contributed by atoms with E-state index in [1.807, 2.05) is 0 Å². The fourth-order valence-corrected chi connectivity index (χ4v) is 2.15.